The molecule has 6 heteroatoms. The summed E-state index contributed by atoms with van der Waals surface area (Å²) in [4.78, 5) is 20.9. The van der Waals surface area contributed by atoms with E-state index in [1.54, 1.807) is 35.6 Å². The molecule has 0 atom stereocenters. The van der Waals surface area contributed by atoms with Gasteiger partial charge < -0.3 is 9.80 Å². The number of hydrogen-bond donors (Lipinski definition) is 0. The van der Waals surface area contributed by atoms with E-state index in [9.17, 15) is 9.18 Å². The van der Waals surface area contributed by atoms with E-state index in [1.165, 1.54) is 12.1 Å². The Balaban J connectivity index is 1.36. The van der Waals surface area contributed by atoms with Crippen molar-refractivity contribution in [1.82, 2.24) is 9.88 Å². The summed E-state index contributed by atoms with van der Waals surface area (Å²) < 4.78 is 14.1. The first-order valence-corrected chi connectivity index (χ1v) is 9.34. The number of carbonyl (C=O) groups is 1. The minimum Gasteiger partial charge on any atom is -0.368 e. The first-order valence-electron chi connectivity index (χ1n) is 8.52. The van der Waals surface area contributed by atoms with Crippen molar-refractivity contribution in [1.29, 1.82) is 0 Å². The van der Waals surface area contributed by atoms with Gasteiger partial charge in [0, 0.05) is 37.9 Å². The minimum atomic E-state index is -0.234. The lowest BCUT2D eigenvalue weighted by Gasteiger charge is -2.35. The van der Waals surface area contributed by atoms with Gasteiger partial charge in [-0.2, -0.15) is 0 Å². The van der Waals surface area contributed by atoms with Crippen LogP contribution in [0.4, 0.5) is 10.1 Å². The maximum absolute atomic E-state index is 13.0. The van der Waals surface area contributed by atoms with Crippen LogP contribution in [0.1, 0.15) is 5.01 Å². The second-order valence-electron chi connectivity index (χ2n) is 6.14. The molecule has 26 heavy (non-hydrogen) atoms. The van der Waals surface area contributed by atoms with E-state index < -0.39 is 0 Å². The average Bonchev–Trinajstić information content (AvgIpc) is 3.10. The molecule has 132 valence electrons. The zero-order valence-corrected chi connectivity index (χ0v) is 15.0. The smallest absolute Gasteiger partial charge is 0.246 e. The molecule has 0 spiro atoms. The van der Waals surface area contributed by atoms with E-state index >= 15 is 0 Å². The van der Waals surface area contributed by atoms with Crippen molar-refractivity contribution in [2.45, 2.75) is 0 Å². The number of benzene rings is 2. The highest BCUT2D eigenvalue weighted by atomic mass is 32.1. The van der Waals surface area contributed by atoms with Gasteiger partial charge in [0.15, 0.2) is 0 Å². The molecule has 1 aliphatic rings. The Morgan fingerprint density at radius 2 is 1.77 bits per heavy atom. The molecule has 0 saturated carbocycles. The van der Waals surface area contributed by atoms with Crippen molar-refractivity contribution in [2.24, 2.45) is 0 Å². The number of piperazine rings is 1. The fraction of sp³-hybridized carbons (Fsp3) is 0.200. The van der Waals surface area contributed by atoms with E-state index in [0.29, 0.717) is 13.1 Å². The maximum Gasteiger partial charge on any atom is 0.246 e. The number of fused-ring (bicyclic) bond motifs is 1. The van der Waals surface area contributed by atoms with Crippen LogP contribution in [0.15, 0.2) is 54.6 Å². The fourth-order valence-corrected chi connectivity index (χ4v) is 3.92. The third-order valence-corrected chi connectivity index (χ3v) is 5.46. The Morgan fingerprint density at radius 3 is 2.50 bits per heavy atom. The van der Waals surface area contributed by atoms with E-state index in [-0.39, 0.29) is 11.7 Å². The van der Waals surface area contributed by atoms with Gasteiger partial charge in [0.1, 0.15) is 10.8 Å². The standard InChI is InChI=1S/C20H18FN3OS/c21-15-5-7-16(8-6-15)23-11-13-24(14-12-23)20(25)10-9-19-22-17-3-1-2-4-18(17)26-19/h1-10H,11-14H2. The molecule has 0 unspecified atom stereocenters. The Hall–Kier alpha value is -2.73. The molecule has 0 bridgehead atoms. The quantitative estimate of drug-likeness (QED) is 0.661. The lowest BCUT2D eigenvalue weighted by molar-refractivity contribution is -0.126. The lowest BCUT2D eigenvalue weighted by Crippen LogP contribution is -2.48. The monoisotopic (exact) mass is 367 g/mol. The molecule has 1 amide bonds. The molecular formula is C20H18FN3OS. The summed E-state index contributed by atoms with van der Waals surface area (Å²) in [5, 5.41) is 0.837. The number of anilines is 1. The molecule has 1 fully saturated rings. The van der Waals surface area contributed by atoms with Gasteiger partial charge >= 0.3 is 0 Å². The van der Waals surface area contributed by atoms with Gasteiger partial charge in [0.25, 0.3) is 0 Å². The van der Waals surface area contributed by atoms with Gasteiger partial charge in [0.2, 0.25) is 5.91 Å². The summed E-state index contributed by atoms with van der Waals surface area (Å²) in [5.41, 5.74) is 1.95. The van der Waals surface area contributed by atoms with Crippen molar-refractivity contribution in [3.63, 3.8) is 0 Å². The Labute approximate surface area is 155 Å². The van der Waals surface area contributed by atoms with Gasteiger partial charge in [-0.15, -0.1) is 11.3 Å². The van der Waals surface area contributed by atoms with Crippen molar-refractivity contribution < 1.29 is 9.18 Å². The van der Waals surface area contributed by atoms with E-state index in [2.05, 4.69) is 9.88 Å². The maximum atomic E-state index is 13.0. The summed E-state index contributed by atoms with van der Waals surface area (Å²) >= 11 is 1.58. The third kappa shape index (κ3) is 3.60. The molecule has 4 rings (SSSR count). The lowest BCUT2D eigenvalue weighted by atomic mass is 10.2. The number of nitrogens with zero attached hydrogens (tertiary/aromatic N) is 3. The minimum absolute atomic E-state index is 0.00279. The molecule has 1 aromatic heterocycles. The van der Waals surface area contributed by atoms with E-state index in [0.717, 1.165) is 34.0 Å². The summed E-state index contributed by atoms with van der Waals surface area (Å²) in [6, 6.07) is 14.4. The number of para-hydroxylation sites is 1. The number of carbonyl (C=O) groups excluding carboxylic acids is 1. The van der Waals surface area contributed by atoms with Gasteiger partial charge in [-0.1, -0.05) is 12.1 Å². The largest absolute Gasteiger partial charge is 0.368 e. The van der Waals surface area contributed by atoms with Crippen molar-refractivity contribution in [3.8, 4) is 0 Å². The first kappa shape index (κ1) is 16.7. The van der Waals surface area contributed by atoms with Crippen molar-refractivity contribution >= 4 is 39.2 Å². The Bertz CT molecular complexity index is 910. The summed E-state index contributed by atoms with van der Waals surface area (Å²) in [6.45, 7) is 2.79. The van der Waals surface area contributed by atoms with Crippen LogP contribution in [0.3, 0.4) is 0 Å². The molecule has 0 aliphatic carbocycles. The highest BCUT2D eigenvalue weighted by Crippen LogP contribution is 2.22. The predicted octanol–water partition coefficient (Wildman–Crippen LogP) is 3.80. The van der Waals surface area contributed by atoms with Gasteiger partial charge in [0.05, 0.1) is 10.2 Å². The first-order chi connectivity index (χ1) is 12.7. The molecular weight excluding hydrogens is 349 g/mol. The third-order valence-electron chi connectivity index (χ3n) is 4.46. The van der Waals surface area contributed by atoms with Crippen molar-refractivity contribution in [3.05, 3.63) is 65.4 Å². The van der Waals surface area contributed by atoms with Crippen LogP contribution in [0.25, 0.3) is 16.3 Å². The van der Waals surface area contributed by atoms with Gasteiger partial charge in [-0.3, -0.25) is 4.79 Å². The molecule has 3 aromatic rings. The molecule has 1 saturated heterocycles. The molecule has 4 nitrogen and oxygen atoms in total. The molecule has 2 aromatic carbocycles. The Kier molecular flexibility index (Phi) is 4.67. The second-order valence-corrected chi connectivity index (χ2v) is 7.20. The van der Waals surface area contributed by atoms with Crippen LogP contribution < -0.4 is 4.90 Å². The zero-order valence-electron chi connectivity index (χ0n) is 14.1. The van der Waals surface area contributed by atoms with Crippen LogP contribution in [0.2, 0.25) is 0 Å². The van der Waals surface area contributed by atoms with E-state index in [1.807, 2.05) is 29.2 Å². The molecule has 1 aliphatic heterocycles. The van der Waals surface area contributed by atoms with Crippen LogP contribution in [-0.4, -0.2) is 42.0 Å². The fourth-order valence-electron chi connectivity index (χ4n) is 3.05. The predicted molar refractivity (Wildman–Crippen MR) is 104 cm³/mol. The molecule has 2 heterocycles. The number of halogens is 1. The summed E-state index contributed by atoms with van der Waals surface area (Å²) in [5.74, 6) is -0.231. The second kappa shape index (κ2) is 7.25. The number of aromatic nitrogens is 1. The van der Waals surface area contributed by atoms with Crippen LogP contribution in [0.5, 0.6) is 0 Å². The van der Waals surface area contributed by atoms with Crippen LogP contribution >= 0.6 is 11.3 Å². The summed E-state index contributed by atoms with van der Waals surface area (Å²) in [7, 11) is 0. The van der Waals surface area contributed by atoms with Crippen molar-refractivity contribution in [2.75, 3.05) is 31.1 Å². The van der Waals surface area contributed by atoms with E-state index in [4.69, 9.17) is 0 Å². The number of rotatable bonds is 3. The highest BCUT2D eigenvalue weighted by molar-refractivity contribution is 7.19. The Morgan fingerprint density at radius 1 is 1.04 bits per heavy atom. The zero-order chi connectivity index (χ0) is 17.9. The van der Waals surface area contributed by atoms with Crippen LogP contribution in [0, 0.1) is 5.82 Å². The molecule has 0 N–H and O–H groups in total. The number of amides is 1. The topological polar surface area (TPSA) is 36.4 Å². The highest BCUT2D eigenvalue weighted by Gasteiger charge is 2.19. The summed E-state index contributed by atoms with van der Waals surface area (Å²) in [6.07, 6.45) is 3.39. The van der Waals surface area contributed by atoms with Gasteiger partial charge in [-0.05, 0) is 42.5 Å². The SMILES string of the molecule is O=C(C=Cc1nc2ccccc2s1)N1CCN(c2ccc(F)cc2)CC1. The van der Waals surface area contributed by atoms with Gasteiger partial charge in [-0.25, -0.2) is 9.37 Å². The number of thiazole rings is 1. The average molecular weight is 367 g/mol. The number of hydrogen-bond acceptors (Lipinski definition) is 4. The normalized spacial score (nSPS) is 15.1. The van der Waals surface area contributed by atoms with Crippen LogP contribution in [-0.2, 0) is 4.79 Å². The molecule has 0 radical (unpaired) electrons.